The lowest BCUT2D eigenvalue weighted by Crippen LogP contribution is -2.33. The fraction of sp³-hybridized carbons (Fsp3) is 0.375. The van der Waals surface area contributed by atoms with Gasteiger partial charge in [-0.05, 0) is 37.8 Å². The summed E-state index contributed by atoms with van der Waals surface area (Å²) in [7, 11) is -3.48. The van der Waals surface area contributed by atoms with Gasteiger partial charge in [-0.15, -0.1) is 6.58 Å². The SMILES string of the molecule is C=CCN(CC(=C)C1CC1)S(=O)(=O)c1ccc(C)cc1. The summed E-state index contributed by atoms with van der Waals surface area (Å²) in [5, 5.41) is 0. The van der Waals surface area contributed by atoms with Gasteiger partial charge in [-0.3, -0.25) is 0 Å². The topological polar surface area (TPSA) is 37.4 Å². The predicted octanol–water partition coefficient (Wildman–Crippen LogP) is 3.14. The largest absolute Gasteiger partial charge is 0.243 e. The van der Waals surface area contributed by atoms with Crippen LogP contribution in [0.4, 0.5) is 0 Å². The van der Waals surface area contributed by atoms with E-state index in [-0.39, 0.29) is 0 Å². The lowest BCUT2D eigenvalue weighted by Gasteiger charge is -2.22. The van der Waals surface area contributed by atoms with Crippen molar-refractivity contribution in [3.8, 4) is 0 Å². The Kier molecular flexibility index (Phi) is 4.45. The molecule has 0 bridgehead atoms. The van der Waals surface area contributed by atoms with E-state index < -0.39 is 10.0 Å². The highest BCUT2D eigenvalue weighted by molar-refractivity contribution is 7.89. The molecule has 4 heteroatoms. The zero-order chi connectivity index (χ0) is 14.8. The van der Waals surface area contributed by atoms with Crippen molar-refractivity contribution >= 4 is 10.0 Å². The average molecular weight is 291 g/mol. The van der Waals surface area contributed by atoms with Gasteiger partial charge in [-0.25, -0.2) is 8.42 Å². The molecule has 1 aliphatic carbocycles. The van der Waals surface area contributed by atoms with Crippen LogP contribution in [0.5, 0.6) is 0 Å². The van der Waals surface area contributed by atoms with Gasteiger partial charge in [0.15, 0.2) is 0 Å². The molecule has 0 heterocycles. The lowest BCUT2D eigenvalue weighted by atomic mass is 10.2. The molecule has 1 saturated carbocycles. The standard InChI is InChI=1S/C16H21NO2S/c1-4-11-17(12-14(3)15-7-8-15)20(18,19)16-9-5-13(2)6-10-16/h4-6,9-10,15H,1,3,7-8,11-12H2,2H3. The Morgan fingerprint density at radius 1 is 1.35 bits per heavy atom. The fourth-order valence-corrected chi connectivity index (χ4v) is 3.51. The zero-order valence-electron chi connectivity index (χ0n) is 11.9. The third kappa shape index (κ3) is 3.38. The van der Waals surface area contributed by atoms with Crippen molar-refractivity contribution in [2.24, 2.45) is 5.92 Å². The van der Waals surface area contributed by atoms with Gasteiger partial charge in [0.1, 0.15) is 0 Å². The van der Waals surface area contributed by atoms with Crippen molar-refractivity contribution in [3.05, 3.63) is 54.6 Å². The summed E-state index contributed by atoms with van der Waals surface area (Å²) >= 11 is 0. The first-order chi connectivity index (χ1) is 9.45. The minimum atomic E-state index is -3.48. The summed E-state index contributed by atoms with van der Waals surface area (Å²) in [4.78, 5) is 0.327. The molecule has 1 aromatic carbocycles. The molecular formula is C16H21NO2S. The van der Waals surface area contributed by atoms with E-state index in [1.165, 1.54) is 4.31 Å². The summed E-state index contributed by atoms with van der Waals surface area (Å²) < 4.78 is 26.7. The smallest absolute Gasteiger partial charge is 0.207 e. The highest BCUT2D eigenvalue weighted by Gasteiger charge is 2.29. The van der Waals surface area contributed by atoms with Gasteiger partial charge in [-0.1, -0.05) is 35.9 Å². The highest BCUT2D eigenvalue weighted by Crippen LogP contribution is 2.36. The van der Waals surface area contributed by atoms with Crippen molar-refractivity contribution in [2.75, 3.05) is 13.1 Å². The Morgan fingerprint density at radius 3 is 2.45 bits per heavy atom. The Balaban J connectivity index is 2.23. The van der Waals surface area contributed by atoms with Gasteiger partial charge in [-0.2, -0.15) is 4.31 Å². The van der Waals surface area contributed by atoms with Crippen LogP contribution in [0, 0.1) is 12.8 Å². The summed E-state index contributed by atoms with van der Waals surface area (Å²) in [5.41, 5.74) is 2.05. The number of benzene rings is 1. The van der Waals surface area contributed by atoms with E-state index in [9.17, 15) is 8.42 Å². The molecule has 2 rings (SSSR count). The van der Waals surface area contributed by atoms with Crippen LogP contribution < -0.4 is 0 Å². The molecule has 20 heavy (non-hydrogen) atoms. The number of aryl methyl sites for hydroxylation is 1. The molecule has 0 aliphatic heterocycles. The Morgan fingerprint density at radius 2 is 1.95 bits per heavy atom. The maximum Gasteiger partial charge on any atom is 0.243 e. The number of nitrogens with zero attached hydrogens (tertiary/aromatic N) is 1. The average Bonchev–Trinajstić information content (AvgIpc) is 3.23. The van der Waals surface area contributed by atoms with Crippen LogP contribution in [0.2, 0.25) is 0 Å². The number of hydrogen-bond donors (Lipinski definition) is 0. The molecule has 0 aromatic heterocycles. The number of hydrogen-bond acceptors (Lipinski definition) is 2. The first-order valence-electron chi connectivity index (χ1n) is 6.80. The summed E-state index contributed by atoms with van der Waals surface area (Å²) in [5.74, 6) is 0.496. The molecule has 108 valence electrons. The van der Waals surface area contributed by atoms with Crippen LogP contribution in [0.1, 0.15) is 18.4 Å². The first kappa shape index (κ1) is 15.0. The van der Waals surface area contributed by atoms with Crippen LogP contribution >= 0.6 is 0 Å². The van der Waals surface area contributed by atoms with E-state index in [1.807, 2.05) is 19.1 Å². The highest BCUT2D eigenvalue weighted by atomic mass is 32.2. The molecule has 0 radical (unpaired) electrons. The molecule has 1 fully saturated rings. The van der Waals surface area contributed by atoms with Gasteiger partial charge in [0, 0.05) is 13.1 Å². The second kappa shape index (κ2) is 5.94. The van der Waals surface area contributed by atoms with E-state index >= 15 is 0 Å². The summed E-state index contributed by atoms with van der Waals surface area (Å²) in [6.45, 7) is 10.3. The fourth-order valence-electron chi connectivity index (χ4n) is 2.10. The molecule has 3 nitrogen and oxygen atoms in total. The molecule has 0 N–H and O–H groups in total. The van der Waals surface area contributed by atoms with E-state index in [0.29, 0.717) is 23.9 Å². The molecule has 0 saturated heterocycles. The first-order valence-corrected chi connectivity index (χ1v) is 8.24. The Bertz CT molecular complexity index is 598. The third-order valence-corrected chi connectivity index (χ3v) is 5.35. The van der Waals surface area contributed by atoms with Gasteiger partial charge >= 0.3 is 0 Å². The summed E-state index contributed by atoms with van der Waals surface area (Å²) in [6.07, 6.45) is 3.88. The van der Waals surface area contributed by atoms with Crippen molar-refractivity contribution < 1.29 is 8.42 Å². The normalized spacial score (nSPS) is 15.3. The maximum absolute atomic E-state index is 12.6. The maximum atomic E-state index is 12.6. The van der Waals surface area contributed by atoms with Crippen molar-refractivity contribution in [1.82, 2.24) is 4.31 Å². The Hall–Kier alpha value is -1.39. The van der Waals surface area contributed by atoms with Crippen LogP contribution in [-0.4, -0.2) is 25.8 Å². The van der Waals surface area contributed by atoms with Crippen molar-refractivity contribution in [1.29, 1.82) is 0 Å². The minimum absolute atomic E-state index is 0.307. The van der Waals surface area contributed by atoms with Crippen molar-refractivity contribution in [3.63, 3.8) is 0 Å². The quantitative estimate of drug-likeness (QED) is 0.724. The molecule has 0 spiro atoms. The van der Waals surface area contributed by atoms with Gasteiger partial charge < -0.3 is 0 Å². The van der Waals surface area contributed by atoms with E-state index in [2.05, 4.69) is 13.2 Å². The molecule has 0 atom stereocenters. The number of rotatable bonds is 7. The lowest BCUT2D eigenvalue weighted by molar-refractivity contribution is 0.462. The van der Waals surface area contributed by atoms with Gasteiger partial charge in [0.05, 0.1) is 4.90 Å². The van der Waals surface area contributed by atoms with Gasteiger partial charge in [0.2, 0.25) is 10.0 Å². The van der Waals surface area contributed by atoms with Crippen LogP contribution in [-0.2, 0) is 10.0 Å². The zero-order valence-corrected chi connectivity index (χ0v) is 12.7. The minimum Gasteiger partial charge on any atom is -0.207 e. The Labute approximate surface area is 121 Å². The predicted molar refractivity (Wildman–Crippen MR) is 82.0 cm³/mol. The second-order valence-electron chi connectivity index (χ2n) is 5.33. The van der Waals surface area contributed by atoms with Crippen LogP contribution in [0.15, 0.2) is 54.0 Å². The molecule has 0 amide bonds. The monoisotopic (exact) mass is 291 g/mol. The van der Waals surface area contributed by atoms with Crippen molar-refractivity contribution in [2.45, 2.75) is 24.7 Å². The second-order valence-corrected chi connectivity index (χ2v) is 7.27. The number of sulfonamides is 1. The van der Waals surface area contributed by atoms with E-state index in [4.69, 9.17) is 0 Å². The molecule has 0 unspecified atom stereocenters. The third-order valence-electron chi connectivity index (χ3n) is 3.53. The van der Waals surface area contributed by atoms with Crippen LogP contribution in [0.3, 0.4) is 0 Å². The van der Waals surface area contributed by atoms with E-state index in [1.54, 1.807) is 18.2 Å². The van der Waals surface area contributed by atoms with Gasteiger partial charge in [0.25, 0.3) is 0 Å². The molecule has 1 aromatic rings. The van der Waals surface area contributed by atoms with E-state index in [0.717, 1.165) is 24.0 Å². The molecular weight excluding hydrogens is 270 g/mol. The molecule has 1 aliphatic rings. The van der Waals surface area contributed by atoms with Crippen LogP contribution in [0.25, 0.3) is 0 Å². The summed E-state index contributed by atoms with van der Waals surface area (Å²) in [6, 6.07) is 6.94.